The van der Waals surface area contributed by atoms with Crippen LogP contribution in [0.1, 0.15) is 0 Å². The van der Waals surface area contributed by atoms with Crippen LogP contribution in [0.3, 0.4) is 0 Å². The third kappa shape index (κ3) is 1.04. The summed E-state index contributed by atoms with van der Waals surface area (Å²) in [5.41, 5.74) is 0. The molecule has 0 fully saturated rings. The van der Waals surface area contributed by atoms with Crippen molar-refractivity contribution in [2.24, 2.45) is 0 Å². The van der Waals surface area contributed by atoms with Crippen LogP contribution in [0.25, 0.3) is 0 Å². The van der Waals surface area contributed by atoms with Crippen molar-refractivity contribution in [2.75, 3.05) is 0 Å². The molecule has 0 aliphatic heterocycles. The highest BCUT2D eigenvalue weighted by Crippen LogP contribution is 1.73. The van der Waals surface area contributed by atoms with Crippen LogP contribution in [0, 0.1) is 5.41 Å². The van der Waals surface area contributed by atoms with Crippen molar-refractivity contribution in [3.8, 4) is 0 Å². The van der Waals surface area contributed by atoms with E-state index in [4.69, 9.17) is 5.41 Å². The summed E-state index contributed by atoms with van der Waals surface area (Å²) in [6, 6.07) is 0. The molecule has 1 rings (SSSR count). The van der Waals surface area contributed by atoms with Crippen molar-refractivity contribution in [2.45, 2.75) is 0 Å². The molecule has 0 bridgehead atoms. The smallest absolute Gasteiger partial charge is 0.222 e. The second-order valence-electron chi connectivity index (χ2n) is 0.924. The van der Waals surface area contributed by atoms with Gasteiger partial charge in [-0.25, -0.2) is 0 Å². The lowest BCUT2D eigenvalue weighted by atomic mass is 11.0. The Hall–Kier alpha value is -0.770. The normalized spacial score (nSPS) is 8.57. The van der Waals surface area contributed by atoms with E-state index in [-0.39, 0.29) is 4.80 Å². The highest BCUT2D eigenvalue weighted by atomic mass is 32.1. The molecule has 7 heavy (non-hydrogen) atoms. The molecule has 1 heterocycles. The third-order valence-electron chi connectivity index (χ3n) is 0.456. The van der Waals surface area contributed by atoms with Crippen molar-refractivity contribution in [1.29, 1.82) is 5.41 Å². The van der Waals surface area contributed by atoms with Crippen LogP contribution in [0.2, 0.25) is 0 Å². The number of nitrogens with zero attached hydrogens (tertiary/aromatic N) is 2. The van der Waals surface area contributed by atoms with Gasteiger partial charge in [0.25, 0.3) is 0 Å². The molecule has 0 saturated carbocycles. The van der Waals surface area contributed by atoms with E-state index >= 15 is 0 Å². The average molecular weight is 113 g/mol. The first-order chi connectivity index (χ1) is 3.39. The number of hydrogen-bond donors (Lipinski definition) is 1. The molecule has 36 valence electrons. The topological polar surface area (TPSA) is 49.6 Å². The first-order valence-corrected chi connectivity index (χ1v) is 2.58. The Bertz CT molecular complexity index is 176. The van der Waals surface area contributed by atoms with Crippen LogP contribution in [0.4, 0.5) is 0 Å². The van der Waals surface area contributed by atoms with Crippen molar-refractivity contribution in [3.63, 3.8) is 0 Å². The summed E-state index contributed by atoms with van der Waals surface area (Å²) >= 11 is 1.26. The van der Waals surface area contributed by atoms with Crippen molar-refractivity contribution >= 4 is 11.3 Å². The molecule has 0 radical (unpaired) electrons. The lowest BCUT2D eigenvalue weighted by Gasteiger charge is -1.71. The van der Waals surface area contributed by atoms with Crippen LogP contribution in [-0.2, 0) is 0 Å². The van der Waals surface area contributed by atoms with Gasteiger partial charge in [-0.05, 0) is 0 Å². The molecule has 1 N–H and O–H groups in total. The third-order valence-corrected chi connectivity index (χ3v) is 1.02. The number of rotatable bonds is 0. The molecule has 0 saturated heterocycles. The minimum Gasteiger partial charge on any atom is -0.272 e. The summed E-state index contributed by atoms with van der Waals surface area (Å²) in [5.74, 6) is 0. The first kappa shape index (κ1) is 4.39. The Morgan fingerprint density at radius 2 is 2.57 bits per heavy atom. The van der Waals surface area contributed by atoms with E-state index in [1.165, 1.54) is 11.3 Å². The van der Waals surface area contributed by atoms with Crippen LogP contribution >= 0.6 is 11.3 Å². The van der Waals surface area contributed by atoms with Crippen LogP contribution in [0.5, 0.6) is 0 Å². The number of hydrogen-bond acceptors (Lipinski definition) is 4. The van der Waals surface area contributed by atoms with Gasteiger partial charge in [0.15, 0.2) is 0 Å². The molecular weight excluding hydrogens is 110 g/mol. The second kappa shape index (κ2) is 1.79. The van der Waals surface area contributed by atoms with Gasteiger partial charge in [0, 0.05) is 5.38 Å². The van der Waals surface area contributed by atoms with E-state index in [1.54, 1.807) is 11.6 Å². The summed E-state index contributed by atoms with van der Waals surface area (Å²) in [6.07, 6.45) is 1.56. The molecule has 0 aromatic carbocycles. The van der Waals surface area contributed by atoms with E-state index in [1.807, 2.05) is 0 Å². The Balaban J connectivity index is 3.28. The van der Waals surface area contributed by atoms with E-state index in [2.05, 4.69) is 10.2 Å². The van der Waals surface area contributed by atoms with Crippen LogP contribution in [0.15, 0.2) is 11.6 Å². The van der Waals surface area contributed by atoms with Gasteiger partial charge in [0.2, 0.25) is 4.80 Å². The average Bonchev–Trinajstić information content (AvgIpc) is 1.69. The van der Waals surface area contributed by atoms with E-state index < -0.39 is 0 Å². The van der Waals surface area contributed by atoms with Crippen molar-refractivity contribution in [1.82, 2.24) is 10.2 Å². The molecule has 0 aliphatic carbocycles. The van der Waals surface area contributed by atoms with Gasteiger partial charge in [-0.2, -0.15) is 5.10 Å². The largest absolute Gasteiger partial charge is 0.272 e. The highest BCUT2D eigenvalue weighted by Gasteiger charge is 1.70. The summed E-state index contributed by atoms with van der Waals surface area (Å²) in [5, 5.41) is 15.4. The van der Waals surface area contributed by atoms with Gasteiger partial charge < -0.3 is 0 Å². The van der Waals surface area contributed by atoms with Gasteiger partial charge in [-0.15, -0.1) is 16.4 Å². The zero-order valence-electron chi connectivity index (χ0n) is 3.46. The van der Waals surface area contributed by atoms with Gasteiger partial charge in [-0.1, -0.05) is 0 Å². The Morgan fingerprint density at radius 1 is 1.71 bits per heavy atom. The SMILES string of the molecule is N=c1nnccs1. The van der Waals surface area contributed by atoms with Crippen molar-refractivity contribution < 1.29 is 0 Å². The predicted octanol–water partition coefficient (Wildman–Crippen LogP) is 0.0176. The Kier molecular flexibility index (Phi) is 1.12. The molecule has 0 spiro atoms. The quantitative estimate of drug-likeness (QED) is 0.515. The standard InChI is InChI=1S/C3H3N3S/c4-3-6-5-1-2-7-3/h1-2,4H. The fraction of sp³-hybridized carbons (Fsp3) is 0. The fourth-order valence-corrected chi connectivity index (χ4v) is 0.570. The van der Waals surface area contributed by atoms with Crippen LogP contribution in [-0.4, -0.2) is 10.2 Å². The molecule has 1 aromatic rings. The maximum absolute atomic E-state index is 6.84. The molecule has 0 aliphatic rings. The van der Waals surface area contributed by atoms with Gasteiger partial charge >= 0.3 is 0 Å². The Morgan fingerprint density at radius 3 is 2.86 bits per heavy atom. The van der Waals surface area contributed by atoms with Crippen LogP contribution < -0.4 is 4.80 Å². The van der Waals surface area contributed by atoms with Gasteiger partial charge in [0.1, 0.15) is 0 Å². The van der Waals surface area contributed by atoms with E-state index in [0.29, 0.717) is 0 Å². The molecule has 0 amide bonds. The highest BCUT2D eigenvalue weighted by molar-refractivity contribution is 7.06. The summed E-state index contributed by atoms with van der Waals surface area (Å²) in [4.78, 5) is 0.252. The van der Waals surface area contributed by atoms with E-state index in [9.17, 15) is 0 Å². The molecule has 1 aromatic heterocycles. The lowest BCUT2D eigenvalue weighted by Crippen LogP contribution is -1.99. The zero-order chi connectivity index (χ0) is 5.11. The van der Waals surface area contributed by atoms with Gasteiger partial charge in [0.05, 0.1) is 6.20 Å². The lowest BCUT2D eigenvalue weighted by molar-refractivity contribution is 0.975. The molecule has 3 nitrogen and oxygen atoms in total. The fourth-order valence-electron chi connectivity index (χ4n) is 0.231. The molecule has 0 atom stereocenters. The molecular formula is C3H3N3S. The summed E-state index contributed by atoms with van der Waals surface area (Å²) < 4.78 is 0. The minimum absolute atomic E-state index is 0.252. The van der Waals surface area contributed by atoms with E-state index in [0.717, 1.165) is 0 Å². The monoisotopic (exact) mass is 113 g/mol. The number of aromatic nitrogens is 2. The van der Waals surface area contributed by atoms with Crippen molar-refractivity contribution in [3.05, 3.63) is 16.4 Å². The Labute approximate surface area is 44.2 Å². The maximum Gasteiger partial charge on any atom is 0.222 e. The second-order valence-corrected chi connectivity index (χ2v) is 1.82. The summed E-state index contributed by atoms with van der Waals surface area (Å²) in [7, 11) is 0. The maximum atomic E-state index is 6.84. The zero-order valence-corrected chi connectivity index (χ0v) is 4.27. The first-order valence-electron chi connectivity index (χ1n) is 1.70. The predicted molar refractivity (Wildman–Crippen MR) is 25.8 cm³/mol. The van der Waals surface area contributed by atoms with Gasteiger partial charge in [-0.3, -0.25) is 5.41 Å². The molecule has 4 heteroatoms. The molecule has 0 unspecified atom stereocenters. The number of nitrogens with one attached hydrogen (secondary N) is 1. The summed E-state index contributed by atoms with van der Waals surface area (Å²) in [6.45, 7) is 0. The minimum atomic E-state index is 0.252.